The van der Waals surface area contributed by atoms with Gasteiger partial charge in [0.05, 0.1) is 32.7 Å². The van der Waals surface area contributed by atoms with Gasteiger partial charge in [0.2, 0.25) is 5.95 Å². The maximum Gasteiger partial charge on any atom is 0.328 e. The number of hydrogen-bond acceptors (Lipinski definition) is 12. The number of nitrogen functional groups attached to an aromatic ring is 2. The van der Waals surface area contributed by atoms with Gasteiger partial charge in [-0.25, -0.2) is 14.8 Å². The van der Waals surface area contributed by atoms with Crippen LogP contribution < -0.4 is 21.7 Å². The minimum absolute atomic E-state index is 0.0275. The average Bonchev–Trinajstić information content (AvgIpc) is 2.86. The highest BCUT2D eigenvalue weighted by Gasteiger charge is 2.23. The van der Waals surface area contributed by atoms with Crippen LogP contribution in [0, 0.1) is 0 Å². The van der Waals surface area contributed by atoms with Gasteiger partial charge in [0.25, 0.3) is 5.91 Å². The molecule has 1 amide bonds. The molecule has 0 saturated heterocycles. The van der Waals surface area contributed by atoms with Crippen molar-refractivity contribution in [2.75, 3.05) is 37.6 Å². The molecule has 1 atom stereocenters. The molecule has 3 rings (SSSR count). The number of methoxy groups -OCH3 is 2. The molecule has 13 nitrogen and oxygen atoms in total. The first kappa shape index (κ1) is 25.1. The van der Waals surface area contributed by atoms with E-state index in [1.807, 2.05) is 11.9 Å². The summed E-state index contributed by atoms with van der Waals surface area (Å²) in [5.41, 5.74) is 13.9. The van der Waals surface area contributed by atoms with Crippen molar-refractivity contribution in [3.63, 3.8) is 0 Å². The number of nitrogens with one attached hydrogen (secondary N) is 1. The van der Waals surface area contributed by atoms with Crippen molar-refractivity contribution < 1.29 is 23.9 Å². The molecule has 1 unspecified atom stereocenters. The van der Waals surface area contributed by atoms with E-state index >= 15 is 0 Å². The van der Waals surface area contributed by atoms with Gasteiger partial charge in [0, 0.05) is 24.7 Å². The predicted molar refractivity (Wildman–Crippen MR) is 127 cm³/mol. The number of aromatic nitrogens is 4. The number of esters is 2. The number of anilines is 3. The zero-order chi connectivity index (χ0) is 25.5. The van der Waals surface area contributed by atoms with Crippen LogP contribution >= 0.6 is 0 Å². The zero-order valence-corrected chi connectivity index (χ0v) is 19.5. The van der Waals surface area contributed by atoms with Crippen molar-refractivity contribution in [3.8, 4) is 0 Å². The summed E-state index contributed by atoms with van der Waals surface area (Å²) in [6, 6.07) is 5.77. The van der Waals surface area contributed by atoms with E-state index in [0.29, 0.717) is 29.0 Å². The molecule has 1 aromatic carbocycles. The lowest BCUT2D eigenvalue weighted by molar-refractivity contribution is -0.144. The molecule has 0 bridgehead atoms. The third-order valence-electron chi connectivity index (χ3n) is 5.13. The molecule has 0 aliphatic rings. The van der Waals surface area contributed by atoms with Crippen molar-refractivity contribution in [2.24, 2.45) is 0 Å². The Balaban J connectivity index is 1.67. The van der Waals surface area contributed by atoms with Gasteiger partial charge in [-0.2, -0.15) is 9.97 Å². The largest absolute Gasteiger partial charge is 0.469 e. The Labute approximate surface area is 200 Å². The molecule has 2 heterocycles. The fourth-order valence-electron chi connectivity index (χ4n) is 3.26. The Bertz CT molecular complexity index is 1230. The summed E-state index contributed by atoms with van der Waals surface area (Å²) in [7, 11) is 4.31. The minimum atomic E-state index is -0.979. The van der Waals surface area contributed by atoms with Crippen LogP contribution in [0.25, 0.3) is 11.2 Å². The molecule has 184 valence electrons. The molecule has 0 radical (unpaired) electrons. The van der Waals surface area contributed by atoms with E-state index < -0.39 is 23.9 Å². The molecule has 0 spiro atoms. The monoisotopic (exact) mass is 482 g/mol. The van der Waals surface area contributed by atoms with Gasteiger partial charge in [-0.3, -0.25) is 9.59 Å². The molecule has 5 N–H and O–H groups in total. The van der Waals surface area contributed by atoms with Gasteiger partial charge in [-0.05, 0) is 30.7 Å². The smallest absolute Gasteiger partial charge is 0.328 e. The molecule has 0 saturated carbocycles. The third-order valence-corrected chi connectivity index (χ3v) is 5.13. The van der Waals surface area contributed by atoms with Crippen LogP contribution in [0.2, 0.25) is 0 Å². The first-order valence-electron chi connectivity index (χ1n) is 10.5. The lowest BCUT2D eigenvalue weighted by Gasteiger charge is -2.20. The van der Waals surface area contributed by atoms with E-state index in [9.17, 15) is 14.4 Å². The second-order valence-electron chi connectivity index (χ2n) is 7.57. The van der Waals surface area contributed by atoms with Gasteiger partial charge < -0.3 is 31.2 Å². The Morgan fingerprint density at radius 2 is 1.77 bits per heavy atom. The highest BCUT2D eigenvalue weighted by atomic mass is 16.5. The Hall–Kier alpha value is -4.55. The van der Waals surface area contributed by atoms with E-state index in [1.165, 1.54) is 14.2 Å². The van der Waals surface area contributed by atoms with Gasteiger partial charge in [0.1, 0.15) is 6.04 Å². The Morgan fingerprint density at radius 3 is 2.43 bits per heavy atom. The van der Waals surface area contributed by atoms with Crippen LogP contribution in [-0.4, -0.2) is 65.1 Å². The van der Waals surface area contributed by atoms with Gasteiger partial charge >= 0.3 is 11.9 Å². The minimum Gasteiger partial charge on any atom is -0.469 e. The number of nitrogens with two attached hydrogens (primary N) is 2. The van der Waals surface area contributed by atoms with Crippen molar-refractivity contribution >= 4 is 46.5 Å². The lowest BCUT2D eigenvalue weighted by atomic mass is 10.1. The van der Waals surface area contributed by atoms with E-state index in [1.54, 1.807) is 30.5 Å². The summed E-state index contributed by atoms with van der Waals surface area (Å²) >= 11 is 0. The summed E-state index contributed by atoms with van der Waals surface area (Å²) < 4.78 is 9.30. The van der Waals surface area contributed by atoms with E-state index in [4.69, 9.17) is 16.2 Å². The average molecular weight is 483 g/mol. The number of benzene rings is 1. The summed E-state index contributed by atoms with van der Waals surface area (Å²) in [6.07, 6.45) is 1.59. The Morgan fingerprint density at radius 1 is 1.06 bits per heavy atom. The highest BCUT2D eigenvalue weighted by Crippen LogP contribution is 2.19. The molecule has 2 aromatic heterocycles. The molecular weight excluding hydrogens is 456 g/mol. The first-order chi connectivity index (χ1) is 16.7. The summed E-state index contributed by atoms with van der Waals surface area (Å²) in [4.78, 5) is 54.6. The van der Waals surface area contributed by atoms with Crippen LogP contribution in [0.5, 0.6) is 0 Å². The van der Waals surface area contributed by atoms with Crippen molar-refractivity contribution in [2.45, 2.75) is 25.4 Å². The molecule has 13 heteroatoms. The number of rotatable bonds is 9. The maximum atomic E-state index is 12.6. The number of amides is 1. The van der Waals surface area contributed by atoms with Crippen LogP contribution in [0.15, 0.2) is 30.5 Å². The third kappa shape index (κ3) is 6.28. The van der Waals surface area contributed by atoms with Gasteiger partial charge in [-0.1, -0.05) is 0 Å². The number of ether oxygens (including phenoxy) is 2. The van der Waals surface area contributed by atoms with Crippen LogP contribution in [0.1, 0.15) is 28.9 Å². The van der Waals surface area contributed by atoms with E-state index in [-0.39, 0.29) is 24.6 Å². The maximum absolute atomic E-state index is 12.6. The van der Waals surface area contributed by atoms with Crippen molar-refractivity contribution in [3.05, 3.63) is 41.7 Å². The molecule has 0 aliphatic carbocycles. The molecule has 35 heavy (non-hydrogen) atoms. The van der Waals surface area contributed by atoms with Crippen LogP contribution in [-0.2, 0) is 25.6 Å². The van der Waals surface area contributed by atoms with Crippen LogP contribution in [0.4, 0.5) is 17.5 Å². The van der Waals surface area contributed by atoms with Crippen molar-refractivity contribution in [1.82, 2.24) is 25.3 Å². The predicted octanol–water partition coefficient (Wildman–Crippen LogP) is 0.445. The summed E-state index contributed by atoms with van der Waals surface area (Å²) in [5, 5.41) is 2.59. The number of fused-ring (bicyclic) bond motifs is 1. The number of carbonyl (C=O) groups is 3. The van der Waals surface area contributed by atoms with E-state index in [0.717, 1.165) is 5.69 Å². The first-order valence-corrected chi connectivity index (χ1v) is 10.5. The second-order valence-corrected chi connectivity index (χ2v) is 7.57. The second kappa shape index (κ2) is 11.0. The standard InChI is InChI=1S/C22H26N8O5/c1-30(11-13-10-25-19-17(26-13)18(23)28-22(24)29-19)14-6-4-12(5-7-14)20(32)27-15(21(33)35-3)8-9-16(31)34-2/h4-7,10,15H,8-9,11H2,1-3H3,(H,27,32)(H4,23,24,25,28,29). The van der Waals surface area contributed by atoms with Crippen molar-refractivity contribution in [1.29, 1.82) is 0 Å². The molecular formula is C22H26N8O5. The lowest BCUT2D eigenvalue weighted by Crippen LogP contribution is -2.41. The Kier molecular flexibility index (Phi) is 7.92. The number of hydrogen-bond donors (Lipinski definition) is 3. The van der Waals surface area contributed by atoms with Gasteiger partial charge in [0.15, 0.2) is 17.0 Å². The van der Waals surface area contributed by atoms with Crippen LogP contribution in [0.3, 0.4) is 0 Å². The number of nitrogens with zero attached hydrogens (tertiary/aromatic N) is 5. The normalized spacial score (nSPS) is 11.5. The zero-order valence-electron chi connectivity index (χ0n) is 19.5. The summed E-state index contributed by atoms with van der Waals surface area (Å²) in [5.74, 6) is -1.44. The molecule has 3 aromatic rings. The van der Waals surface area contributed by atoms with E-state index in [2.05, 4.69) is 30.0 Å². The fourth-order valence-corrected chi connectivity index (χ4v) is 3.26. The quantitative estimate of drug-likeness (QED) is 0.358. The van der Waals surface area contributed by atoms with Gasteiger partial charge in [-0.15, -0.1) is 0 Å². The fraction of sp³-hybridized carbons (Fsp3) is 0.318. The summed E-state index contributed by atoms with van der Waals surface area (Å²) in [6.45, 7) is 0.399. The molecule has 0 fully saturated rings. The topological polar surface area (TPSA) is 189 Å². The highest BCUT2D eigenvalue weighted by molar-refractivity contribution is 5.97. The molecule has 0 aliphatic heterocycles. The number of carbonyl (C=O) groups excluding carboxylic acids is 3. The SMILES string of the molecule is COC(=O)CCC(NC(=O)c1ccc(N(C)Cc2cnc3nc(N)nc(N)c3n2)cc1)C(=O)OC.